The first-order valence-corrected chi connectivity index (χ1v) is 9.25. The molecule has 1 amide bonds. The van der Waals surface area contributed by atoms with Gasteiger partial charge in [-0.2, -0.15) is 0 Å². The summed E-state index contributed by atoms with van der Waals surface area (Å²) in [6.45, 7) is 3.37. The normalized spacial score (nSPS) is 16.7. The van der Waals surface area contributed by atoms with Crippen LogP contribution in [-0.2, 0) is 6.54 Å². The largest absolute Gasteiger partial charge is 0.335 e. The zero-order chi connectivity index (χ0) is 18.8. The van der Waals surface area contributed by atoms with Crippen molar-refractivity contribution >= 4 is 5.91 Å². The number of rotatable bonds is 4. The third kappa shape index (κ3) is 3.63. The Labute approximate surface area is 158 Å². The Bertz CT molecular complexity index is 935. The molecule has 27 heavy (non-hydrogen) atoms. The predicted molar refractivity (Wildman–Crippen MR) is 103 cm³/mol. The number of halogens is 1. The lowest BCUT2D eigenvalue weighted by Gasteiger charge is -2.25. The number of hydrogen-bond donors (Lipinski definition) is 0. The molecule has 4 nitrogen and oxygen atoms in total. The molecule has 2 heterocycles. The van der Waals surface area contributed by atoms with Gasteiger partial charge in [0.05, 0.1) is 11.9 Å². The number of carbonyl (C=O) groups excluding carboxylic acids is 1. The Hall–Kier alpha value is -2.95. The third-order valence-corrected chi connectivity index (χ3v) is 5.20. The van der Waals surface area contributed by atoms with Crippen LogP contribution in [0.15, 0.2) is 61.2 Å². The second-order valence-electron chi connectivity index (χ2n) is 7.11. The summed E-state index contributed by atoms with van der Waals surface area (Å²) in [5, 5.41) is 0. The number of likely N-dealkylation sites (tertiary alicyclic amines) is 1. The van der Waals surface area contributed by atoms with E-state index in [1.54, 1.807) is 23.5 Å². The van der Waals surface area contributed by atoms with Crippen LogP contribution in [0.5, 0.6) is 0 Å². The molecule has 138 valence electrons. The smallest absolute Gasteiger partial charge is 0.257 e. The van der Waals surface area contributed by atoms with Crippen LogP contribution in [0.4, 0.5) is 4.39 Å². The van der Waals surface area contributed by atoms with Gasteiger partial charge in [-0.3, -0.25) is 4.79 Å². The minimum atomic E-state index is -0.466. The van der Waals surface area contributed by atoms with Crippen LogP contribution in [0, 0.1) is 12.7 Å². The molecule has 0 radical (unpaired) electrons. The fourth-order valence-corrected chi connectivity index (χ4v) is 3.70. The molecule has 4 rings (SSSR count). The van der Waals surface area contributed by atoms with E-state index in [4.69, 9.17) is 0 Å². The quantitative estimate of drug-likeness (QED) is 0.693. The molecule has 1 aliphatic rings. The highest BCUT2D eigenvalue weighted by Gasteiger charge is 2.30. The molecular weight excluding hydrogens is 341 g/mol. The summed E-state index contributed by atoms with van der Waals surface area (Å²) in [5.74, 6) is -0.697. The predicted octanol–water partition coefficient (Wildman–Crippen LogP) is 4.30. The first-order chi connectivity index (χ1) is 13.1. The number of aryl methyl sites for hydroxylation is 1. The van der Waals surface area contributed by atoms with E-state index in [9.17, 15) is 9.18 Å². The van der Waals surface area contributed by atoms with Crippen molar-refractivity contribution in [2.24, 2.45) is 0 Å². The number of benzene rings is 2. The molecule has 0 N–H and O–H groups in total. The number of nitrogens with zero attached hydrogens (tertiary/aromatic N) is 3. The van der Waals surface area contributed by atoms with Gasteiger partial charge in [0.2, 0.25) is 0 Å². The molecule has 0 bridgehead atoms. The number of aromatic nitrogens is 2. The summed E-state index contributed by atoms with van der Waals surface area (Å²) in [6, 6.07) is 12.9. The fourth-order valence-electron chi connectivity index (χ4n) is 3.70. The first-order valence-electron chi connectivity index (χ1n) is 9.25. The van der Waals surface area contributed by atoms with E-state index < -0.39 is 5.82 Å². The van der Waals surface area contributed by atoms with Crippen LogP contribution >= 0.6 is 0 Å². The Kier molecular flexibility index (Phi) is 4.75. The van der Waals surface area contributed by atoms with Gasteiger partial charge >= 0.3 is 0 Å². The van der Waals surface area contributed by atoms with Crippen LogP contribution in [0.2, 0.25) is 0 Å². The van der Waals surface area contributed by atoms with Gasteiger partial charge < -0.3 is 9.47 Å². The first kappa shape index (κ1) is 17.5. The second kappa shape index (κ2) is 7.35. The summed E-state index contributed by atoms with van der Waals surface area (Å²) in [4.78, 5) is 18.8. The molecular formula is C22H22FN3O. The SMILES string of the molecule is Cc1ccc(-c2ccc(C(=O)N3CCC[C@@H]3Cn3ccnc3)c(F)c2)cc1. The molecule has 0 spiro atoms. The highest BCUT2D eigenvalue weighted by Crippen LogP contribution is 2.26. The van der Waals surface area contributed by atoms with Crippen LogP contribution in [0.3, 0.4) is 0 Å². The molecule has 0 unspecified atom stereocenters. The third-order valence-electron chi connectivity index (χ3n) is 5.20. The Balaban J connectivity index is 1.55. The van der Waals surface area contributed by atoms with Crippen molar-refractivity contribution in [3.8, 4) is 11.1 Å². The van der Waals surface area contributed by atoms with Crippen molar-refractivity contribution in [3.05, 3.63) is 78.1 Å². The van der Waals surface area contributed by atoms with Gasteiger partial charge in [0, 0.05) is 31.5 Å². The zero-order valence-electron chi connectivity index (χ0n) is 15.3. The molecule has 0 aliphatic carbocycles. The lowest BCUT2D eigenvalue weighted by atomic mass is 10.0. The van der Waals surface area contributed by atoms with Gasteiger partial charge in [-0.15, -0.1) is 0 Å². The van der Waals surface area contributed by atoms with E-state index in [2.05, 4.69) is 4.98 Å². The molecule has 1 aromatic heterocycles. The molecule has 1 fully saturated rings. The highest BCUT2D eigenvalue weighted by atomic mass is 19.1. The molecule has 0 saturated carbocycles. The average Bonchev–Trinajstić information content (AvgIpc) is 3.34. The van der Waals surface area contributed by atoms with Crippen LogP contribution < -0.4 is 0 Å². The maximum absolute atomic E-state index is 14.8. The van der Waals surface area contributed by atoms with Gasteiger partial charge in [-0.1, -0.05) is 35.9 Å². The number of amides is 1. The van der Waals surface area contributed by atoms with Crippen molar-refractivity contribution in [2.75, 3.05) is 6.54 Å². The molecule has 1 aliphatic heterocycles. The number of imidazole rings is 1. The van der Waals surface area contributed by atoms with Crippen molar-refractivity contribution in [1.29, 1.82) is 0 Å². The summed E-state index contributed by atoms with van der Waals surface area (Å²) < 4.78 is 16.7. The van der Waals surface area contributed by atoms with Gasteiger partial charge in [0.25, 0.3) is 5.91 Å². The van der Waals surface area contributed by atoms with E-state index >= 15 is 0 Å². The second-order valence-corrected chi connectivity index (χ2v) is 7.11. The van der Waals surface area contributed by atoms with Crippen LogP contribution in [0.25, 0.3) is 11.1 Å². The van der Waals surface area contributed by atoms with E-state index in [1.807, 2.05) is 48.0 Å². The van der Waals surface area contributed by atoms with Crippen molar-refractivity contribution in [1.82, 2.24) is 14.5 Å². The van der Waals surface area contributed by atoms with Gasteiger partial charge in [-0.05, 0) is 43.0 Å². The molecule has 1 saturated heterocycles. The average molecular weight is 363 g/mol. The van der Waals surface area contributed by atoms with E-state index in [1.165, 1.54) is 6.07 Å². The Morgan fingerprint density at radius 1 is 1.19 bits per heavy atom. The summed E-state index contributed by atoms with van der Waals surface area (Å²) in [5.41, 5.74) is 3.02. The lowest BCUT2D eigenvalue weighted by Crippen LogP contribution is -2.38. The van der Waals surface area contributed by atoms with Crippen molar-refractivity contribution in [3.63, 3.8) is 0 Å². The fraction of sp³-hybridized carbons (Fsp3) is 0.273. The Morgan fingerprint density at radius 3 is 2.67 bits per heavy atom. The summed E-state index contributed by atoms with van der Waals surface area (Å²) in [7, 11) is 0. The van der Waals surface area contributed by atoms with Crippen LogP contribution in [-0.4, -0.2) is 32.9 Å². The monoisotopic (exact) mass is 363 g/mol. The molecule has 2 aromatic carbocycles. The van der Waals surface area contributed by atoms with E-state index in [-0.39, 0.29) is 17.5 Å². The standard InChI is InChI=1S/C22H22FN3O/c1-16-4-6-17(7-5-16)18-8-9-20(21(23)13-18)22(27)26-11-2-3-19(26)14-25-12-10-24-15-25/h4-10,12-13,15,19H,2-3,11,14H2,1H3/t19-/m1/s1. The highest BCUT2D eigenvalue weighted by molar-refractivity contribution is 5.95. The maximum atomic E-state index is 14.8. The summed E-state index contributed by atoms with van der Waals surface area (Å²) >= 11 is 0. The zero-order valence-corrected chi connectivity index (χ0v) is 15.3. The molecule has 3 aromatic rings. The number of carbonyl (C=O) groups is 1. The van der Waals surface area contributed by atoms with E-state index in [0.717, 1.165) is 29.5 Å². The molecule has 5 heteroatoms. The number of hydrogen-bond acceptors (Lipinski definition) is 2. The van der Waals surface area contributed by atoms with Gasteiger partial charge in [0.1, 0.15) is 5.82 Å². The van der Waals surface area contributed by atoms with Gasteiger partial charge in [-0.25, -0.2) is 9.37 Å². The van der Waals surface area contributed by atoms with E-state index in [0.29, 0.717) is 13.1 Å². The van der Waals surface area contributed by atoms with Crippen LogP contribution in [0.1, 0.15) is 28.8 Å². The summed E-state index contributed by atoms with van der Waals surface area (Å²) in [6.07, 6.45) is 7.22. The minimum Gasteiger partial charge on any atom is -0.335 e. The van der Waals surface area contributed by atoms with Gasteiger partial charge in [0.15, 0.2) is 0 Å². The topological polar surface area (TPSA) is 38.1 Å². The Morgan fingerprint density at radius 2 is 1.96 bits per heavy atom. The maximum Gasteiger partial charge on any atom is 0.257 e. The van der Waals surface area contributed by atoms with Crippen molar-refractivity contribution in [2.45, 2.75) is 32.4 Å². The minimum absolute atomic E-state index is 0.0721. The lowest BCUT2D eigenvalue weighted by molar-refractivity contribution is 0.0719. The van der Waals surface area contributed by atoms with Crippen molar-refractivity contribution < 1.29 is 9.18 Å². The molecule has 1 atom stereocenters.